The average molecular weight is 273 g/mol. The maximum absolute atomic E-state index is 10.00. The normalized spacial score (nSPS) is 10.7. The Morgan fingerprint density at radius 1 is 1.25 bits per heavy atom. The molecule has 0 aliphatic heterocycles. The van der Waals surface area contributed by atoms with E-state index in [1.807, 2.05) is 18.2 Å². The fourth-order valence-electron chi connectivity index (χ4n) is 1.99. The summed E-state index contributed by atoms with van der Waals surface area (Å²) in [5.41, 5.74) is 2.96. The Morgan fingerprint density at radius 3 is 2.80 bits per heavy atom. The molecule has 106 valence electrons. The fraction of sp³-hybridized carbons (Fsp3) is 0.333. The van der Waals surface area contributed by atoms with Gasteiger partial charge >= 0.3 is 0 Å². The smallest absolute Gasteiger partial charge is 0.141 e. The third-order valence-corrected chi connectivity index (χ3v) is 3.19. The lowest BCUT2D eigenvalue weighted by atomic mass is 10.1. The second-order valence-corrected chi connectivity index (χ2v) is 4.60. The number of nitrogens with one attached hydrogen (secondary N) is 1. The zero-order valence-electron chi connectivity index (χ0n) is 11.5. The van der Waals surface area contributed by atoms with Crippen molar-refractivity contribution < 1.29 is 10.2 Å². The van der Waals surface area contributed by atoms with Crippen LogP contribution >= 0.6 is 0 Å². The minimum absolute atomic E-state index is 0.127. The standard InChI is InChI=1S/C15H19N3O2/c1-11-15(20)14(12(10-19)8-18-11)9-16-7-5-13-4-2-3-6-17-13/h2-4,6,8,16,19-20H,5,7,9-10H2,1H3. The summed E-state index contributed by atoms with van der Waals surface area (Å²) in [5, 5.41) is 22.5. The van der Waals surface area contributed by atoms with E-state index < -0.39 is 0 Å². The Morgan fingerprint density at radius 2 is 2.10 bits per heavy atom. The zero-order chi connectivity index (χ0) is 14.4. The molecule has 0 spiro atoms. The minimum Gasteiger partial charge on any atom is -0.506 e. The van der Waals surface area contributed by atoms with E-state index in [4.69, 9.17) is 0 Å². The molecule has 0 bridgehead atoms. The summed E-state index contributed by atoms with van der Waals surface area (Å²) in [6.45, 7) is 2.87. The molecule has 0 unspecified atom stereocenters. The molecule has 2 heterocycles. The molecule has 0 amide bonds. The van der Waals surface area contributed by atoms with Crippen molar-refractivity contribution in [3.05, 3.63) is 53.1 Å². The Hall–Kier alpha value is -1.98. The van der Waals surface area contributed by atoms with E-state index in [9.17, 15) is 10.2 Å². The number of rotatable bonds is 6. The van der Waals surface area contributed by atoms with Gasteiger partial charge in [-0.1, -0.05) is 6.07 Å². The van der Waals surface area contributed by atoms with Crippen molar-refractivity contribution in [3.63, 3.8) is 0 Å². The molecule has 20 heavy (non-hydrogen) atoms. The van der Waals surface area contributed by atoms with E-state index in [0.29, 0.717) is 23.4 Å². The maximum Gasteiger partial charge on any atom is 0.141 e. The van der Waals surface area contributed by atoms with Gasteiger partial charge in [0, 0.05) is 48.7 Å². The van der Waals surface area contributed by atoms with Crippen LogP contribution in [0.2, 0.25) is 0 Å². The van der Waals surface area contributed by atoms with Gasteiger partial charge in [-0.15, -0.1) is 0 Å². The molecular formula is C15H19N3O2. The average Bonchev–Trinajstić information content (AvgIpc) is 2.49. The molecule has 5 heteroatoms. The summed E-state index contributed by atoms with van der Waals surface area (Å²) in [4.78, 5) is 8.29. The van der Waals surface area contributed by atoms with Crippen LogP contribution in [0.1, 0.15) is 22.5 Å². The molecule has 0 atom stereocenters. The fourth-order valence-corrected chi connectivity index (χ4v) is 1.99. The van der Waals surface area contributed by atoms with Crippen LogP contribution in [0.25, 0.3) is 0 Å². The quantitative estimate of drug-likeness (QED) is 0.692. The van der Waals surface area contributed by atoms with Crippen molar-refractivity contribution in [3.8, 4) is 5.75 Å². The molecule has 2 aromatic rings. The summed E-state index contributed by atoms with van der Waals surface area (Å²) in [7, 11) is 0. The number of nitrogens with zero attached hydrogens (tertiary/aromatic N) is 2. The van der Waals surface area contributed by atoms with E-state index in [-0.39, 0.29) is 12.4 Å². The lowest BCUT2D eigenvalue weighted by molar-refractivity contribution is 0.278. The summed E-state index contributed by atoms with van der Waals surface area (Å²) < 4.78 is 0. The van der Waals surface area contributed by atoms with Gasteiger partial charge in [-0.05, 0) is 19.1 Å². The van der Waals surface area contributed by atoms with Crippen LogP contribution in [-0.4, -0.2) is 26.7 Å². The van der Waals surface area contributed by atoms with Gasteiger partial charge in [0.05, 0.1) is 12.3 Å². The lowest BCUT2D eigenvalue weighted by Gasteiger charge is -2.12. The minimum atomic E-state index is -0.127. The molecule has 0 saturated heterocycles. The van der Waals surface area contributed by atoms with Gasteiger partial charge in [0.1, 0.15) is 5.75 Å². The number of aliphatic hydroxyl groups excluding tert-OH is 1. The number of aromatic hydroxyl groups is 1. The third-order valence-electron chi connectivity index (χ3n) is 3.19. The molecule has 3 N–H and O–H groups in total. The molecule has 0 aliphatic rings. The molecular weight excluding hydrogens is 254 g/mol. The van der Waals surface area contributed by atoms with Gasteiger partial charge in [0.25, 0.3) is 0 Å². The second kappa shape index (κ2) is 6.98. The second-order valence-electron chi connectivity index (χ2n) is 4.60. The van der Waals surface area contributed by atoms with Gasteiger partial charge < -0.3 is 15.5 Å². The molecule has 0 aromatic carbocycles. The van der Waals surface area contributed by atoms with Crippen molar-refractivity contribution >= 4 is 0 Å². The largest absolute Gasteiger partial charge is 0.506 e. The first-order valence-corrected chi connectivity index (χ1v) is 6.60. The topological polar surface area (TPSA) is 78.3 Å². The molecule has 0 radical (unpaired) electrons. The van der Waals surface area contributed by atoms with Crippen LogP contribution in [-0.2, 0) is 19.6 Å². The van der Waals surface area contributed by atoms with Crippen LogP contribution in [0.15, 0.2) is 30.6 Å². The van der Waals surface area contributed by atoms with E-state index in [1.54, 1.807) is 19.3 Å². The molecule has 0 aliphatic carbocycles. The number of aromatic nitrogens is 2. The molecule has 0 saturated carbocycles. The van der Waals surface area contributed by atoms with Crippen molar-refractivity contribution in [1.29, 1.82) is 0 Å². The van der Waals surface area contributed by atoms with E-state index in [1.165, 1.54) is 0 Å². The first-order chi connectivity index (χ1) is 9.72. The number of hydrogen-bond acceptors (Lipinski definition) is 5. The van der Waals surface area contributed by atoms with Crippen molar-refractivity contribution in [1.82, 2.24) is 15.3 Å². The van der Waals surface area contributed by atoms with Gasteiger partial charge in [0.2, 0.25) is 0 Å². The number of pyridine rings is 2. The maximum atomic E-state index is 10.00. The predicted molar refractivity (Wildman–Crippen MR) is 76.2 cm³/mol. The number of aliphatic hydroxyl groups is 1. The Bertz CT molecular complexity index is 559. The summed E-state index contributed by atoms with van der Waals surface area (Å²) in [5.74, 6) is 0.155. The molecule has 2 aromatic heterocycles. The molecule has 0 fully saturated rings. The number of hydrogen-bond donors (Lipinski definition) is 3. The van der Waals surface area contributed by atoms with E-state index >= 15 is 0 Å². The van der Waals surface area contributed by atoms with Crippen LogP contribution in [0.4, 0.5) is 0 Å². The van der Waals surface area contributed by atoms with E-state index in [0.717, 1.165) is 18.7 Å². The van der Waals surface area contributed by atoms with Crippen molar-refractivity contribution in [2.24, 2.45) is 0 Å². The zero-order valence-corrected chi connectivity index (χ0v) is 11.5. The first kappa shape index (κ1) is 14.4. The number of aryl methyl sites for hydroxylation is 1. The van der Waals surface area contributed by atoms with Crippen LogP contribution in [0.3, 0.4) is 0 Å². The summed E-state index contributed by atoms with van der Waals surface area (Å²) in [6.07, 6.45) is 4.20. The Balaban J connectivity index is 1.92. The predicted octanol–water partition coefficient (Wildman–Crippen LogP) is 1.32. The van der Waals surface area contributed by atoms with Crippen molar-refractivity contribution in [2.75, 3.05) is 6.54 Å². The lowest BCUT2D eigenvalue weighted by Crippen LogP contribution is -2.18. The highest BCUT2D eigenvalue weighted by Gasteiger charge is 2.10. The Kier molecular flexibility index (Phi) is 5.03. The van der Waals surface area contributed by atoms with Gasteiger partial charge in [-0.3, -0.25) is 9.97 Å². The first-order valence-electron chi connectivity index (χ1n) is 6.60. The monoisotopic (exact) mass is 273 g/mol. The van der Waals surface area contributed by atoms with Gasteiger partial charge in [-0.25, -0.2) is 0 Å². The highest BCUT2D eigenvalue weighted by molar-refractivity contribution is 5.40. The van der Waals surface area contributed by atoms with Gasteiger partial charge in [-0.2, -0.15) is 0 Å². The van der Waals surface area contributed by atoms with Crippen LogP contribution in [0.5, 0.6) is 5.75 Å². The van der Waals surface area contributed by atoms with E-state index in [2.05, 4.69) is 15.3 Å². The Labute approximate surface area is 118 Å². The van der Waals surface area contributed by atoms with Crippen LogP contribution in [0, 0.1) is 6.92 Å². The molecule has 2 rings (SSSR count). The third kappa shape index (κ3) is 3.53. The highest BCUT2D eigenvalue weighted by Crippen LogP contribution is 2.23. The summed E-state index contributed by atoms with van der Waals surface area (Å²) in [6, 6.07) is 5.83. The van der Waals surface area contributed by atoms with Gasteiger partial charge in [0.15, 0.2) is 0 Å². The van der Waals surface area contributed by atoms with Crippen molar-refractivity contribution in [2.45, 2.75) is 26.5 Å². The van der Waals surface area contributed by atoms with Crippen LogP contribution < -0.4 is 5.32 Å². The highest BCUT2D eigenvalue weighted by atomic mass is 16.3. The summed E-state index contributed by atoms with van der Waals surface area (Å²) >= 11 is 0. The SMILES string of the molecule is Cc1ncc(CO)c(CNCCc2ccccn2)c1O. The molecule has 5 nitrogen and oxygen atoms in total.